The highest BCUT2D eigenvalue weighted by Crippen LogP contribution is 2.16. The summed E-state index contributed by atoms with van der Waals surface area (Å²) in [6.45, 7) is 11.4. The van der Waals surface area contributed by atoms with Crippen molar-refractivity contribution >= 4 is 11.6 Å². The topological polar surface area (TPSA) is 0 Å². The Morgan fingerprint density at radius 2 is 2.00 bits per heavy atom. The first-order valence-electron chi connectivity index (χ1n) is 3.28. The van der Waals surface area contributed by atoms with Crippen LogP contribution < -0.4 is 0 Å². The molecule has 0 saturated carbocycles. The Kier molecular flexibility index (Phi) is 4.13. The molecule has 0 aliphatic rings. The molecule has 0 aromatic heterocycles. The zero-order valence-electron chi connectivity index (χ0n) is 6.58. The largest absolute Gasteiger partial charge is 0.0961 e. The van der Waals surface area contributed by atoms with Gasteiger partial charge in [0.05, 0.1) is 0 Å². The van der Waals surface area contributed by atoms with Crippen LogP contribution in [-0.2, 0) is 0 Å². The minimum atomic E-state index is 0.718. The number of rotatable bonds is 3. The standard InChI is InChI=1S/C9H13Cl/c1-5-8(4)9(10)6-7(2)3/h6H,2,4-5H2,1,3H3/b9-6+. The molecule has 0 aromatic carbocycles. The van der Waals surface area contributed by atoms with E-state index < -0.39 is 0 Å². The minimum absolute atomic E-state index is 0.718. The molecule has 0 heterocycles. The average molecular weight is 157 g/mol. The summed E-state index contributed by atoms with van der Waals surface area (Å²) in [6, 6.07) is 0. The summed E-state index contributed by atoms with van der Waals surface area (Å²) in [4.78, 5) is 0. The second kappa shape index (κ2) is 4.35. The van der Waals surface area contributed by atoms with Gasteiger partial charge in [-0.2, -0.15) is 0 Å². The van der Waals surface area contributed by atoms with E-state index >= 15 is 0 Å². The lowest BCUT2D eigenvalue weighted by Gasteiger charge is -1.98. The maximum absolute atomic E-state index is 5.83. The van der Waals surface area contributed by atoms with Crippen LogP contribution in [-0.4, -0.2) is 0 Å². The lowest BCUT2D eigenvalue weighted by atomic mass is 10.2. The number of hydrogen-bond donors (Lipinski definition) is 0. The van der Waals surface area contributed by atoms with Crippen LogP contribution in [0.3, 0.4) is 0 Å². The number of halogens is 1. The second-order valence-electron chi connectivity index (χ2n) is 2.30. The van der Waals surface area contributed by atoms with Crippen molar-refractivity contribution in [3.8, 4) is 0 Å². The Morgan fingerprint density at radius 3 is 2.30 bits per heavy atom. The summed E-state index contributed by atoms with van der Waals surface area (Å²) in [5.41, 5.74) is 1.92. The van der Waals surface area contributed by atoms with E-state index in [2.05, 4.69) is 13.2 Å². The zero-order valence-corrected chi connectivity index (χ0v) is 7.33. The molecule has 0 radical (unpaired) electrons. The lowest BCUT2D eigenvalue weighted by Crippen LogP contribution is -1.77. The molecule has 56 valence electrons. The fourth-order valence-corrected chi connectivity index (χ4v) is 0.807. The van der Waals surface area contributed by atoms with E-state index in [9.17, 15) is 0 Å². The van der Waals surface area contributed by atoms with Gasteiger partial charge in [-0.05, 0) is 25.0 Å². The van der Waals surface area contributed by atoms with Crippen molar-refractivity contribution in [1.82, 2.24) is 0 Å². The quantitative estimate of drug-likeness (QED) is 0.548. The van der Waals surface area contributed by atoms with Gasteiger partial charge in [0.15, 0.2) is 0 Å². The maximum Gasteiger partial charge on any atom is 0.0434 e. The Labute approximate surface area is 67.9 Å². The molecule has 0 aliphatic carbocycles. The van der Waals surface area contributed by atoms with Gasteiger partial charge in [0.1, 0.15) is 0 Å². The zero-order chi connectivity index (χ0) is 8.15. The van der Waals surface area contributed by atoms with Gasteiger partial charge >= 0.3 is 0 Å². The predicted octanol–water partition coefficient (Wildman–Crippen LogP) is 3.65. The van der Waals surface area contributed by atoms with Gasteiger partial charge in [-0.1, -0.05) is 37.3 Å². The normalized spacial score (nSPS) is 11.3. The summed E-state index contributed by atoms with van der Waals surface area (Å²) in [6.07, 6.45) is 2.72. The minimum Gasteiger partial charge on any atom is -0.0961 e. The summed E-state index contributed by atoms with van der Waals surface area (Å²) in [5.74, 6) is 0. The van der Waals surface area contributed by atoms with Crippen LogP contribution in [0.5, 0.6) is 0 Å². The van der Waals surface area contributed by atoms with E-state index in [0.717, 1.165) is 22.6 Å². The monoisotopic (exact) mass is 156 g/mol. The molecule has 0 fully saturated rings. The van der Waals surface area contributed by atoms with Crippen LogP contribution >= 0.6 is 11.6 Å². The van der Waals surface area contributed by atoms with E-state index in [4.69, 9.17) is 11.6 Å². The summed E-state index contributed by atoms with van der Waals surface area (Å²) < 4.78 is 0. The lowest BCUT2D eigenvalue weighted by molar-refractivity contribution is 1.15. The fraction of sp³-hybridized carbons (Fsp3) is 0.333. The van der Waals surface area contributed by atoms with Crippen LogP contribution in [0.1, 0.15) is 20.3 Å². The van der Waals surface area contributed by atoms with Gasteiger partial charge in [0.25, 0.3) is 0 Å². The molecule has 0 atom stereocenters. The molecule has 0 amide bonds. The van der Waals surface area contributed by atoms with Crippen molar-refractivity contribution in [2.24, 2.45) is 0 Å². The van der Waals surface area contributed by atoms with Gasteiger partial charge in [0, 0.05) is 5.03 Å². The Morgan fingerprint density at radius 1 is 1.50 bits per heavy atom. The van der Waals surface area contributed by atoms with Crippen molar-refractivity contribution in [2.45, 2.75) is 20.3 Å². The van der Waals surface area contributed by atoms with Crippen LogP contribution in [0.2, 0.25) is 0 Å². The predicted molar refractivity (Wildman–Crippen MR) is 48.2 cm³/mol. The smallest absolute Gasteiger partial charge is 0.0434 e. The molecule has 0 rings (SSSR count). The highest BCUT2D eigenvalue weighted by atomic mass is 35.5. The first-order chi connectivity index (χ1) is 4.57. The van der Waals surface area contributed by atoms with Crippen molar-refractivity contribution in [3.63, 3.8) is 0 Å². The number of hydrogen-bond acceptors (Lipinski definition) is 0. The first-order valence-corrected chi connectivity index (χ1v) is 3.66. The third-order valence-electron chi connectivity index (χ3n) is 1.14. The summed E-state index contributed by atoms with van der Waals surface area (Å²) in [7, 11) is 0. The highest BCUT2D eigenvalue weighted by molar-refractivity contribution is 6.32. The Hall–Kier alpha value is -0.490. The summed E-state index contributed by atoms with van der Waals surface area (Å²) in [5, 5.41) is 0.718. The molecular formula is C9H13Cl. The molecule has 0 aliphatic heterocycles. The van der Waals surface area contributed by atoms with Gasteiger partial charge in [0.2, 0.25) is 0 Å². The molecule has 0 nitrogen and oxygen atoms in total. The maximum atomic E-state index is 5.83. The molecule has 0 bridgehead atoms. The van der Waals surface area contributed by atoms with Crippen molar-refractivity contribution in [1.29, 1.82) is 0 Å². The van der Waals surface area contributed by atoms with Gasteiger partial charge in [-0.25, -0.2) is 0 Å². The SMILES string of the molecule is C=C(C)/C=C(/Cl)C(=C)CC. The molecule has 0 spiro atoms. The molecule has 1 heteroatoms. The third-order valence-corrected chi connectivity index (χ3v) is 1.51. The average Bonchev–Trinajstić information content (AvgIpc) is 1.85. The first kappa shape index (κ1) is 9.51. The molecule has 10 heavy (non-hydrogen) atoms. The van der Waals surface area contributed by atoms with E-state index in [0.29, 0.717) is 0 Å². The fourth-order valence-electron chi connectivity index (χ4n) is 0.487. The van der Waals surface area contributed by atoms with Gasteiger partial charge in [-0.3, -0.25) is 0 Å². The van der Waals surface area contributed by atoms with Crippen LogP contribution in [0.4, 0.5) is 0 Å². The van der Waals surface area contributed by atoms with E-state index in [1.54, 1.807) is 0 Å². The second-order valence-corrected chi connectivity index (χ2v) is 2.70. The summed E-state index contributed by atoms with van der Waals surface area (Å²) >= 11 is 5.83. The van der Waals surface area contributed by atoms with Gasteiger partial charge in [-0.15, -0.1) is 0 Å². The molecule has 0 N–H and O–H groups in total. The number of allylic oxidation sites excluding steroid dienone is 4. The van der Waals surface area contributed by atoms with Crippen LogP contribution in [0, 0.1) is 0 Å². The van der Waals surface area contributed by atoms with Crippen molar-refractivity contribution < 1.29 is 0 Å². The van der Waals surface area contributed by atoms with Gasteiger partial charge < -0.3 is 0 Å². The Bertz CT molecular complexity index is 175. The molecule has 0 aromatic rings. The van der Waals surface area contributed by atoms with E-state index in [1.807, 2.05) is 19.9 Å². The Balaban J connectivity index is 4.19. The van der Waals surface area contributed by atoms with Crippen molar-refractivity contribution in [3.05, 3.63) is 35.4 Å². The molecule has 0 unspecified atom stereocenters. The van der Waals surface area contributed by atoms with Crippen molar-refractivity contribution in [2.75, 3.05) is 0 Å². The third kappa shape index (κ3) is 3.52. The highest BCUT2D eigenvalue weighted by Gasteiger charge is 1.94. The molecule has 0 saturated heterocycles. The van der Waals surface area contributed by atoms with Crippen LogP contribution in [0.25, 0.3) is 0 Å². The van der Waals surface area contributed by atoms with Crippen LogP contribution in [0.15, 0.2) is 35.4 Å². The molecular weight excluding hydrogens is 144 g/mol. The van der Waals surface area contributed by atoms with E-state index in [-0.39, 0.29) is 0 Å². The van der Waals surface area contributed by atoms with E-state index in [1.165, 1.54) is 0 Å².